The summed E-state index contributed by atoms with van der Waals surface area (Å²) in [4.78, 5) is 10.1. The van der Waals surface area contributed by atoms with E-state index in [9.17, 15) is 18.9 Å². The van der Waals surface area contributed by atoms with Crippen molar-refractivity contribution in [3.8, 4) is 0 Å². The molecule has 0 aliphatic heterocycles. The van der Waals surface area contributed by atoms with Gasteiger partial charge in [0, 0.05) is 30.9 Å². The number of halogens is 3. The first-order valence-electron chi connectivity index (χ1n) is 5.32. The molecule has 0 amide bonds. The van der Waals surface area contributed by atoms with Gasteiger partial charge in [0.25, 0.3) is 5.69 Å². The topological polar surface area (TPSA) is 69.2 Å². The number of benzene rings is 1. The van der Waals surface area contributed by atoms with Crippen LogP contribution in [0.5, 0.6) is 0 Å². The summed E-state index contributed by atoms with van der Waals surface area (Å²) in [5.74, 6) is -2.74. The molecule has 0 atom stereocenters. The minimum absolute atomic E-state index is 0.0120. The lowest BCUT2D eigenvalue weighted by Crippen LogP contribution is -2.53. The minimum Gasteiger partial charge on any atom is -0.330 e. The Morgan fingerprint density at radius 3 is 2.50 bits per heavy atom. The second-order valence-electron chi connectivity index (χ2n) is 4.62. The molecular formula is C11H11ClF2N2O2. The molecule has 0 spiro atoms. The number of nitrogens with zero attached hydrogens (tertiary/aromatic N) is 1. The van der Waals surface area contributed by atoms with E-state index in [0.29, 0.717) is 5.56 Å². The molecule has 1 aliphatic rings. The maximum absolute atomic E-state index is 13.0. The number of hydrogen-bond donors (Lipinski definition) is 1. The van der Waals surface area contributed by atoms with Crippen molar-refractivity contribution in [2.24, 2.45) is 5.73 Å². The molecule has 1 aromatic rings. The van der Waals surface area contributed by atoms with Gasteiger partial charge in [-0.1, -0.05) is 17.7 Å². The Labute approximate surface area is 107 Å². The van der Waals surface area contributed by atoms with Crippen molar-refractivity contribution in [1.29, 1.82) is 0 Å². The monoisotopic (exact) mass is 276 g/mol. The maximum Gasteiger partial charge on any atom is 0.288 e. The zero-order valence-electron chi connectivity index (χ0n) is 9.33. The predicted octanol–water partition coefficient (Wildman–Crippen LogP) is 2.87. The Balaban J connectivity index is 2.40. The van der Waals surface area contributed by atoms with Gasteiger partial charge in [-0.25, -0.2) is 8.78 Å². The van der Waals surface area contributed by atoms with Gasteiger partial charge in [-0.15, -0.1) is 0 Å². The van der Waals surface area contributed by atoms with Crippen molar-refractivity contribution in [2.45, 2.75) is 24.2 Å². The van der Waals surface area contributed by atoms with E-state index >= 15 is 0 Å². The highest BCUT2D eigenvalue weighted by molar-refractivity contribution is 6.32. The third-order valence-corrected chi connectivity index (χ3v) is 3.66. The van der Waals surface area contributed by atoms with Gasteiger partial charge in [-0.05, 0) is 11.6 Å². The zero-order chi connectivity index (χ0) is 13.6. The first-order valence-corrected chi connectivity index (χ1v) is 5.70. The lowest BCUT2D eigenvalue weighted by Gasteiger charge is -2.47. The molecule has 2 rings (SSSR count). The van der Waals surface area contributed by atoms with Crippen LogP contribution >= 0.6 is 11.6 Å². The van der Waals surface area contributed by atoms with Crippen LogP contribution < -0.4 is 5.73 Å². The molecule has 98 valence electrons. The Morgan fingerprint density at radius 2 is 2.06 bits per heavy atom. The highest BCUT2D eigenvalue weighted by Gasteiger charge is 2.56. The van der Waals surface area contributed by atoms with Crippen LogP contribution in [0.3, 0.4) is 0 Å². The van der Waals surface area contributed by atoms with Crippen LogP contribution in [-0.2, 0) is 5.41 Å². The van der Waals surface area contributed by atoms with Gasteiger partial charge in [-0.3, -0.25) is 10.1 Å². The van der Waals surface area contributed by atoms with Crippen LogP contribution in [0.2, 0.25) is 5.02 Å². The van der Waals surface area contributed by atoms with Crippen molar-refractivity contribution in [3.63, 3.8) is 0 Å². The molecule has 1 saturated carbocycles. The van der Waals surface area contributed by atoms with Gasteiger partial charge in [0.1, 0.15) is 5.02 Å². The van der Waals surface area contributed by atoms with Crippen LogP contribution in [0.4, 0.5) is 14.5 Å². The van der Waals surface area contributed by atoms with Gasteiger partial charge >= 0.3 is 0 Å². The first kappa shape index (κ1) is 13.2. The summed E-state index contributed by atoms with van der Waals surface area (Å²) in [6.07, 6.45) is -0.759. The molecule has 0 bridgehead atoms. The van der Waals surface area contributed by atoms with E-state index in [0.717, 1.165) is 0 Å². The van der Waals surface area contributed by atoms with Gasteiger partial charge < -0.3 is 5.73 Å². The summed E-state index contributed by atoms with van der Waals surface area (Å²) >= 11 is 5.68. The summed E-state index contributed by atoms with van der Waals surface area (Å²) in [5.41, 5.74) is 4.84. The Kier molecular flexibility index (Phi) is 3.03. The van der Waals surface area contributed by atoms with Crippen molar-refractivity contribution in [2.75, 3.05) is 6.54 Å². The van der Waals surface area contributed by atoms with Gasteiger partial charge in [0.15, 0.2) is 0 Å². The number of nitro benzene ring substituents is 1. The first-order chi connectivity index (χ1) is 8.30. The quantitative estimate of drug-likeness (QED) is 0.682. The summed E-state index contributed by atoms with van der Waals surface area (Å²) in [7, 11) is 0. The highest BCUT2D eigenvalue weighted by atomic mass is 35.5. The summed E-state index contributed by atoms with van der Waals surface area (Å²) in [6, 6.07) is 4.12. The maximum atomic E-state index is 13.0. The molecule has 0 saturated heterocycles. The number of alkyl halides is 2. The Bertz CT molecular complexity index is 500. The Morgan fingerprint density at radius 1 is 1.44 bits per heavy atom. The largest absolute Gasteiger partial charge is 0.330 e. The predicted molar refractivity (Wildman–Crippen MR) is 63.0 cm³/mol. The van der Waals surface area contributed by atoms with Crippen molar-refractivity contribution in [3.05, 3.63) is 38.9 Å². The number of rotatable bonds is 3. The van der Waals surface area contributed by atoms with Crippen LogP contribution in [0.1, 0.15) is 18.4 Å². The van der Waals surface area contributed by atoms with E-state index in [2.05, 4.69) is 0 Å². The zero-order valence-corrected chi connectivity index (χ0v) is 10.1. The fourth-order valence-corrected chi connectivity index (χ4v) is 2.57. The van der Waals surface area contributed by atoms with E-state index in [1.165, 1.54) is 18.2 Å². The van der Waals surface area contributed by atoms with E-state index in [4.69, 9.17) is 17.3 Å². The summed E-state index contributed by atoms with van der Waals surface area (Å²) in [6.45, 7) is 0.0291. The average molecular weight is 277 g/mol. The normalized spacial score (nSPS) is 20.2. The van der Waals surface area contributed by atoms with E-state index in [1.54, 1.807) is 0 Å². The lowest BCUT2D eigenvalue weighted by atomic mass is 9.62. The van der Waals surface area contributed by atoms with Crippen molar-refractivity contribution in [1.82, 2.24) is 0 Å². The molecule has 7 heteroatoms. The van der Waals surface area contributed by atoms with E-state index in [-0.39, 0.29) is 30.1 Å². The fourth-order valence-electron chi connectivity index (χ4n) is 2.39. The van der Waals surface area contributed by atoms with Crippen LogP contribution in [0, 0.1) is 10.1 Å². The lowest BCUT2D eigenvalue weighted by molar-refractivity contribution is -0.384. The molecule has 1 fully saturated rings. The molecular weight excluding hydrogens is 266 g/mol. The molecule has 0 unspecified atom stereocenters. The van der Waals surface area contributed by atoms with Gasteiger partial charge in [0.05, 0.1) is 4.92 Å². The number of nitro groups is 1. The second-order valence-corrected chi connectivity index (χ2v) is 5.02. The summed E-state index contributed by atoms with van der Waals surface area (Å²) in [5, 5.41) is 10.8. The van der Waals surface area contributed by atoms with Crippen LogP contribution in [-0.4, -0.2) is 17.4 Å². The van der Waals surface area contributed by atoms with Gasteiger partial charge in [-0.2, -0.15) is 0 Å². The van der Waals surface area contributed by atoms with Crippen molar-refractivity contribution < 1.29 is 13.7 Å². The average Bonchev–Trinajstić information content (AvgIpc) is 2.25. The minimum atomic E-state index is -2.74. The second kappa shape index (κ2) is 4.13. The third-order valence-electron chi connectivity index (χ3n) is 3.34. The van der Waals surface area contributed by atoms with Crippen LogP contribution in [0.15, 0.2) is 18.2 Å². The third kappa shape index (κ3) is 2.06. The molecule has 0 aromatic heterocycles. The number of hydrogen-bond acceptors (Lipinski definition) is 3. The molecule has 1 aromatic carbocycles. The Hall–Kier alpha value is -1.27. The molecule has 1 aliphatic carbocycles. The van der Waals surface area contributed by atoms with E-state index in [1.807, 2.05) is 0 Å². The summed E-state index contributed by atoms with van der Waals surface area (Å²) < 4.78 is 26.1. The molecule has 0 radical (unpaired) electrons. The number of nitrogens with two attached hydrogens (primary N) is 1. The van der Waals surface area contributed by atoms with Crippen molar-refractivity contribution >= 4 is 17.3 Å². The van der Waals surface area contributed by atoms with Crippen LogP contribution in [0.25, 0.3) is 0 Å². The highest BCUT2D eigenvalue weighted by Crippen LogP contribution is 2.53. The van der Waals surface area contributed by atoms with Gasteiger partial charge in [0.2, 0.25) is 5.92 Å². The molecule has 18 heavy (non-hydrogen) atoms. The molecule has 4 nitrogen and oxygen atoms in total. The molecule has 0 heterocycles. The molecule has 2 N–H and O–H groups in total. The SMILES string of the molecule is NCC1(c2ccc(Cl)c([N+](=O)[O-])c2)CC(F)(F)C1. The smallest absolute Gasteiger partial charge is 0.288 e. The standard InChI is InChI=1S/C11H11ClF2N2O2/c12-8-2-1-7(3-9(8)16(17)18)10(6-15)4-11(13,14)5-10/h1-3H,4-6,15H2. The van der Waals surface area contributed by atoms with E-state index < -0.39 is 16.3 Å². The fraction of sp³-hybridized carbons (Fsp3) is 0.455.